The average Bonchev–Trinajstić information content (AvgIpc) is 2.29. The zero-order valence-corrected chi connectivity index (χ0v) is 11.5. The van der Waals surface area contributed by atoms with E-state index in [1.165, 1.54) is 12.1 Å². The van der Waals surface area contributed by atoms with Gasteiger partial charge >= 0.3 is 0 Å². The molecule has 0 aliphatic carbocycles. The highest BCUT2D eigenvalue weighted by Gasteiger charge is 2.06. The first-order valence-corrected chi connectivity index (χ1v) is 6.68. The van der Waals surface area contributed by atoms with Crippen molar-refractivity contribution >= 4 is 0 Å². The van der Waals surface area contributed by atoms with Crippen LogP contribution in [-0.2, 0) is 6.42 Å². The maximum absolute atomic E-state index is 13.5. The van der Waals surface area contributed by atoms with Crippen molar-refractivity contribution in [3.8, 4) is 0 Å². The molecule has 0 fully saturated rings. The third-order valence-electron chi connectivity index (χ3n) is 3.00. The number of hydrogen-bond donors (Lipinski definition) is 1. The maximum Gasteiger partial charge on any atom is 0.126 e. The van der Waals surface area contributed by atoms with Gasteiger partial charge in [0.15, 0.2) is 0 Å². The van der Waals surface area contributed by atoms with Gasteiger partial charge in [-0.3, -0.25) is 0 Å². The summed E-state index contributed by atoms with van der Waals surface area (Å²) in [5, 5.41) is 3.34. The van der Waals surface area contributed by atoms with Gasteiger partial charge in [0.1, 0.15) is 11.6 Å². The predicted octanol–water partition coefficient (Wildman–Crippen LogP) is 3.98. The van der Waals surface area contributed by atoms with Gasteiger partial charge in [0.2, 0.25) is 0 Å². The van der Waals surface area contributed by atoms with Crippen LogP contribution in [0, 0.1) is 18.6 Å². The van der Waals surface area contributed by atoms with Crippen LogP contribution in [0.3, 0.4) is 0 Å². The van der Waals surface area contributed by atoms with Crippen molar-refractivity contribution in [2.75, 3.05) is 6.54 Å². The first-order valence-electron chi connectivity index (χ1n) is 6.68. The van der Waals surface area contributed by atoms with Gasteiger partial charge < -0.3 is 5.32 Å². The molecular formula is C15H23F2N. The van der Waals surface area contributed by atoms with Crippen LogP contribution in [0.1, 0.15) is 44.2 Å². The fraction of sp³-hybridized carbons (Fsp3) is 0.600. The number of nitrogens with one attached hydrogen (secondary N) is 1. The summed E-state index contributed by atoms with van der Waals surface area (Å²) in [5.74, 6) is -0.595. The number of halogens is 2. The molecule has 18 heavy (non-hydrogen) atoms. The molecule has 0 aliphatic rings. The summed E-state index contributed by atoms with van der Waals surface area (Å²) in [6.07, 6.45) is 3.63. The minimum absolute atomic E-state index is 0.283. The summed E-state index contributed by atoms with van der Waals surface area (Å²) >= 11 is 0. The third-order valence-corrected chi connectivity index (χ3v) is 3.00. The van der Waals surface area contributed by atoms with E-state index in [1.807, 2.05) is 0 Å². The summed E-state index contributed by atoms with van der Waals surface area (Å²) in [6.45, 7) is 6.80. The molecule has 0 aliphatic heterocycles. The molecule has 0 aromatic heterocycles. The molecule has 0 spiro atoms. The van der Waals surface area contributed by atoms with Crippen LogP contribution in [-0.4, -0.2) is 12.6 Å². The molecule has 0 heterocycles. The van der Waals surface area contributed by atoms with Gasteiger partial charge in [0.05, 0.1) is 0 Å². The quantitative estimate of drug-likeness (QED) is 0.727. The maximum atomic E-state index is 13.5. The molecule has 0 bridgehead atoms. The molecule has 1 rings (SSSR count). The fourth-order valence-electron chi connectivity index (χ4n) is 1.89. The first-order chi connectivity index (χ1) is 8.50. The summed E-state index contributed by atoms with van der Waals surface area (Å²) in [5.41, 5.74) is 0.868. The van der Waals surface area contributed by atoms with Crippen molar-refractivity contribution < 1.29 is 8.78 Å². The molecule has 0 unspecified atom stereocenters. The summed E-state index contributed by atoms with van der Waals surface area (Å²) in [4.78, 5) is 0. The Bertz CT molecular complexity index is 375. The number of benzene rings is 1. The van der Waals surface area contributed by atoms with Gasteiger partial charge in [-0.1, -0.05) is 20.3 Å². The highest BCUT2D eigenvalue weighted by Crippen LogP contribution is 2.16. The molecule has 0 saturated heterocycles. The van der Waals surface area contributed by atoms with E-state index in [9.17, 15) is 8.78 Å². The number of unbranched alkanes of at least 4 members (excludes halogenated alkanes) is 2. The normalized spacial score (nSPS) is 11.2. The zero-order chi connectivity index (χ0) is 13.5. The highest BCUT2D eigenvalue weighted by molar-refractivity contribution is 5.25. The molecule has 0 amide bonds. The molecule has 3 heteroatoms. The van der Waals surface area contributed by atoms with Gasteiger partial charge in [0.25, 0.3) is 0 Å². The number of hydrogen-bond acceptors (Lipinski definition) is 1. The number of aryl methyl sites for hydroxylation is 2. The van der Waals surface area contributed by atoms with Crippen molar-refractivity contribution in [3.05, 3.63) is 34.9 Å². The third kappa shape index (κ3) is 5.13. The van der Waals surface area contributed by atoms with Crippen molar-refractivity contribution in [1.29, 1.82) is 0 Å². The largest absolute Gasteiger partial charge is 0.315 e. The van der Waals surface area contributed by atoms with E-state index in [4.69, 9.17) is 0 Å². The van der Waals surface area contributed by atoms with Crippen molar-refractivity contribution in [2.24, 2.45) is 0 Å². The van der Waals surface area contributed by atoms with E-state index < -0.39 is 0 Å². The Labute approximate surface area is 109 Å². The van der Waals surface area contributed by atoms with Crippen molar-refractivity contribution in [3.63, 3.8) is 0 Å². The van der Waals surface area contributed by atoms with Crippen molar-refractivity contribution in [1.82, 2.24) is 5.32 Å². The van der Waals surface area contributed by atoms with Gasteiger partial charge in [-0.15, -0.1) is 0 Å². The lowest BCUT2D eigenvalue weighted by Gasteiger charge is -2.08. The highest BCUT2D eigenvalue weighted by atomic mass is 19.1. The second-order valence-electron chi connectivity index (χ2n) is 5.11. The number of rotatable bonds is 7. The van der Waals surface area contributed by atoms with Gasteiger partial charge in [0, 0.05) is 6.04 Å². The van der Waals surface area contributed by atoms with Crippen LogP contribution in [0.15, 0.2) is 12.1 Å². The van der Waals surface area contributed by atoms with E-state index in [0.29, 0.717) is 23.6 Å². The smallest absolute Gasteiger partial charge is 0.126 e. The second-order valence-corrected chi connectivity index (χ2v) is 5.11. The Morgan fingerprint density at radius 3 is 2.44 bits per heavy atom. The van der Waals surface area contributed by atoms with Crippen LogP contribution in [0.2, 0.25) is 0 Å². The Balaban J connectivity index is 2.29. The molecular weight excluding hydrogens is 232 g/mol. The molecule has 0 atom stereocenters. The van der Waals surface area contributed by atoms with Crippen LogP contribution in [0.25, 0.3) is 0 Å². The second kappa shape index (κ2) is 7.47. The van der Waals surface area contributed by atoms with E-state index in [0.717, 1.165) is 25.8 Å². The van der Waals surface area contributed by atoms with E-state index in [2.05, 4.69) is 19.2 Å². The minimum atomic E-state index is -0.312. The van der Waals surface area contributed by atoms with E-state index >= 15 is 0 Å². The lowest BCUT2D eigenvalue weighted by molar-refractivity contribution is 0.540. The molecule has 0 saturated carbocycles. The molecule has 102 valence electrons. The summed E-state index contributed by atoms with van der Waals surface area (Å²) in [6, 6.07) is 3.12. The van der Waals surface area contributed by atoms with Crippen molar-refractivity contribution in [2.45, 2.75) is 52.5 Å². The molecule has 1 N–H and O–H groups in total. The van der Waals surface area contributed by atoms with E-state index in [1.54, 1.807) is 6.92 Å². The lowest BCUT2D eigenvalue weighted by Crippen LogP contribution is -2.23. The Morgan fingerprint density at radius 2 is 1.78 bits per heavy atom. The molecule has 1 aromatic carbocycles. The monoisotopic (exact) mass is 255 g/mol. The SMILES string of the molecule is Cc1cc(F)c(CCCCCNC(C)C)cc1F. The topological polar surface area (TPSA) is 12.0 Å². The van der Waals surface area contributed by atoms with Gasteiger partial charge in [-0.2, -0.15) is 0 Å². The van der Waals surface area contributed by atoms with Crippen LogP contribution >= 0.6 is 0 Å². The lowest BCUT2D eigenvalue weighted by atomic mass is 10.0. The Hall–Kier alpha value is -0.960. The van der Waals surface area contributed by atoms with Crippen LogP contribution < -0.4 is 5.32 Å². The van der Waals surface area contributed by atoms with Crippen LogP contribution in [0.5, 0.6) is 0 Å². The van der Waals surface area contributed by atoms with Gasteiger partial charge in [-0.25, -0.2) is 8.78 Å². The average molecular weight is 255 g/mol. The zero-order valence-electron chi connectivity index (χ0n) is 11.5. The van der Waals surface area contributed by atoms with Crippen LogP contribution in [0.4, 0.5) is 8.78 Å². The predicted molar refractivity (Wildman–Crippen MR) is 71.8 cm³/mol. The summed E-state index contributed by atoms with van der Waals surface area (Å²) in [7, 11) is 0. The molecule has 1 nitrogen and oxygen atoms in total. The Morgan fingerprint density at radius 1 is 1.06 bits per heavy atom. The molecule has 1 aromatic rings. The molecule has 0 radical (unpaired) electrons. The minimum Gasteiger partial charge on any atom is -0.315 e. The summed E-state index contributed by atoms with van der Waals surface area (Å²) < 4.78 is 26.8. The fourth-order valence-corrected chi connectivity index (χ4v) is 1.89. The Kier molecular flexibility index (Phi) is 6.27. The van der Waals surface area contributed by atoms with E-state index in [-0.39, 0.29) is 11.6 Å². The standard InChI is InChI=1S/C15H23F2N/c1-11(2)18-8-6-4-5-7-13-10-14(16)12(3)9-15(13)17/h9-11,18H,4-8H2,1-3H3. The van der Waals surface area contributed by atoms with Gasteiger partial charge in [-0.05, 0) is 56.0 Å². The first kappa shape index (κ1) is 15.1.